The van der Waals surface area contributed by atoms with Crippen LogP contribution >= 0.6 is 0 Å². The number of carbonyl (C=O) groups excluding carboxylic acids is 1. The summed E-state index contributed by atoms with van der Waals surface area (Å²) in [7, 11) is 0. The van der Waals surface area contributed by atoms with Gasteiger partial charge in [-0.3, -0.25) is 9.79 Å². The number of rotatable bonds is 4. The third-order valence-corrected chi connectivity index (χ3v) is 5.22. The van der Waals surface area contributed by atoms with Gasteiger partial charge in [-0.1, -0.05) is 84.9 Å². The van der Waals surface area contributed by atoms with Gasteiger partial charge >= 0.3 is 0 Å². The molecule has 4 aromatic rings. The molecule has 150 valence electrons. The molecule has 1 atom stereocenters. The highest BCUT2D eigenvalue weighted by atomic mass is 16.1. The maximum Gasteiger partial charge on any atom is 0.181 e. The number of ketones is 1. The van der Waals surface area contributed by atoms with Gasteiger partial charge < -0.3 is 5.32 Å². The Morgan fingerprint density at radius 2 is 1.45 bits per heavy atom. The van der Waals surface area contributed by atoms with Gasteiger partial charge in [0, 0.05) is 29.3 Å². The number of anilines is 1. The molecule has 5 heteroatoms. The number of fused-ring (bicyclic) bond motifs is 1. The van der Waals surface area contributed by atoms with Gasteiger partial charge in [-0.05, 0) is 11.6 Å². The van der Waals surface area contributed by atoms with Crippen molar-refractivity contribution in [2.24, 2.45) is 4.99 Å². The number of nitrogens with zero attached hydrogens (tertiary/aromatic N) is 3. The lowest BCUT2D eigenvalue weighted by Crippen LogP contribution is -2.29. The second-order valence-corrected chi connectivity index (χ2v) is 7.32. The fourth-order valence-electron chi connectivity index (χ4n) is 3.70. The highest BCUT2D eigenvalue weighted by molar-refractivity contribution is 6.16. The van der Waals surface area contributed by atoms with Crippen LogP contribution in [0.25, 0.3) is 11.4 Å². The Hall–Kier alpha value is -4.12. The van der Waals surface area contributed by atoms with Gasteiger partial charge in [-0.25, -0.2) is 9.97 Å². The lowest BCUT2D eigenvalue weighted by atomic mass is 9.96. The maximum absolute atomic E-state index is 13.1. The first-order chi connectivity index (χ1) is 15.3. The summed E-state index contributed by atoms with van der Waals surface area (Å²) in [4.78, 5) is 26.9. The van der Waals surface area contributed by atoms with Crippen LogP contribution < -0.4 is 5.32 Å². The number of hydrogen-bond donors (Lipinski definition) is 1. The molecule has 1 unspecified atom stereocenters. The van der Waals surface area contributed by atoms with Crippen molar-refractivity contribution in [3.05, 3.63) is 114 Å². The molecule has 1 N–H and O–H groups in total. The van der Waals surface area contributed by atoms with E-state index in [9.17, 15) is 4.79 Å². The molecular weight excluding hydrogens is 384 g/mol. The predicted molar refractivity (Wildman–Crippen MR) is 122 cm³/mol. The van der Waals surface area contributed by atoms with E-state index in [-0.39, 0.29) is 5.78 Å². The summed E-state index contributed by atoms with van der Waals surface area (Å²) < 4.78 is 0. The Bertz CT molecular complexity index is 1250. The summed E-state index contributed by atoms with van der Waals surface area (Å²) in [5.41, 5.74) is 4.66. The number of Topliss-reactive ketones (excluding diaryl/α,β-unsaturated/α-hetero) is 1. The van der Waals surface area contributed by atoms with E-state index in [1.165, 1.54) is 0 Å². The molecule has 1 aliphatic heterocycles. The van der Waals surface area contributed by atoms with Crippen LogP contribution in [-0.4, -0.2) is 27.6 Å². The zero-order valence-corrected chi connectivity index (χ0v) is 16.8. The SMILES string of the molecule is O=C1Cc2ccccc2C(c2ccccc2)=NC1Nc1ccnc(-c2ccccc2)n1. The standard InChI is InChI=1S/C26H20N4O/c31-22-17-20-13-7-8-14-21(20)24(18-9-3-1-4-10-18)30-26(22)29-23-15-16-27-25(28-23)19-11-5-2-6-12-19/h1-16,26H,17H2,(H,27,28,29). The van der Waals surface area contributed by atoms with E-state index in [2.05, 4.69) is 15.3 Å². The number of aromatic nitrogens is 2. The molecule has 0 saturated heterocycles. The number of benzene rings is 3. The maximum atomic E-state index is 13.1. The van der Waals surface area contributed by atoms with Gasteiger partial charge in [0.05, 0.1) is 5.71 Å². The second-order valence-electron chi connectivity index (χ2n) is 7.32. The lowest BCUT2D eigenvalue weighted by molar-refractivity contribution is -0.118. The van der Waals surface area contributed by atoms with Crippen molar-refractivity contribution < 1.29 is 4.79 Å². The Morgan fingerprint density at radius 3 is 2.23 bits per heavy atom. The van der Waals surface area contributed by atoms with Crippen LogP contribution in [0.4, 0.5) is 5.82 Å². The van der Waals surface area contributed by atoms with Crippen LogP contribution in [0.15, 0.2) is 102 Å². The van der Waals surface area contributed by atoms with E-state index in [4.69, 9.17) is 4.99 Å². The molecule has 5 rings (SSSR count). The summed E-state index contributed by atoms with van der Waals surface area (Å²) in [6.07, 6.45) is 1.26. The first-order valence-corrected chi connectivity index (χ1v) is 10.2. The molecule has 0 amide bonds. The van der Waals surface area contributed by atoms with Crippen molar-refractivity contribution in [1.82, 2.24) is 9.97 Å². The van der Waals surface area contributed by atoms with Gasteiger partial charge in [0.2, 0.25) is 0 Å². The van der Waals surface area contributed by atoms with Crippen molar-refractivity contribution in [3.63, 3.8) is 0 Å². The van der Waals surface area contributed by atoms with E-state index < -0.39 is 6.17 Å². The summed E-state index contributed by atoms with van der Waals surface area (Å²) in [6.45, 7) is 0. The first-order valence-electron chi connectivity index (χ1n) is 10.2. The molecule has 0 radical (unpaired) electrons. The molecule has 5 nitrogen and oxygen atoms in total. The Balaban J connectivity index is 1.53. The van der Waals surface area contributed by atoms with E-state index >= 15 is 0 Å². The molecule has 31 heavy (non-hydrogen) atoms. The van der Waals surface area contributed by atoms with Crippen molar-refractivity contribution in [2.45, 2.75) is 12.6 Å². The molecule has 1 aromatic heterocycles. The van der Waals surface area contributed by atoms with Crippen molar-refractivity contribution in [2.75, 3.05) is 5.32 Å². The van der Waals surface area contributed by atoms with Crippen molar-refractivity contribution in [1.29, 1.82) is 0 Å². The number of aliphatic imine (C=N–C) groups is 1. The lowest BCUT2D eigenvalue weighted by Gasteiger charge is -2.14. The Labute approximate surface area is 180 Å². The highest BCUT2D eigenvalue weighted by Gasteiger charge is 2.26. The highest BCUT2D eigenvalue weighted by Crippen LogP contribution is 2.23. The molecule has 0 fully saturated rings. The minimum atomic E-state index is -0.735. The molecular formula is C26H20N4O. The van der Waals surface area contributed by atoms with Gasteiger partial charge in [-0.15, -0.1) is 0 Å². The van der Waals surface area contributed by atoms with E-state index in [0.717, 1.165) is 28.0 Å². The first kappa shape index (κ1) is 18.9. The zero-order chi connectivity index (χ0) is 21.0. The summed E-state index contributed by atoms with van der Waals surface area (Å²) in [5, 5.41) is 3.23. The molecule has 1 aliphatic rings. The van der Waals surface area contributed by atoms with E-state index in [1.807, 2.05) is 84.9 Å². The van der Waals surface area contributed by atoms with Crippen LogP contribution in [0.5, 0.6) is 0 Å². The summed E-state index contributed by atoms with van der Waals surface area (Å²) in [6, 6.07) is 29.4. The van der Waals surface area contributed by atoms with Crippen molar-refractivity contribution >= 4 is 17.3 Å². The average Bonchev–Trinajstić information content (AvgIpc) is 2.97. The smallest absolute Gasteiger partial charge is 0.181 e. The predicted octanol–water partition coefficient (Wildman–Crippen LogP) is 4.54. The van der Waals surface area contributed by atoms with Crippen LogP contribution in [0.1, 0.15) is 16.7 Å². The fraction of sp³-hybridized carbons (Fsp3) is 0.0769. The van der Waals surface area contributed by atoms with Gasteiger partial charge in [0.15, 0.2) is 17.8 Å². The van der Waals surface area contributed by atoms with E-state index in [1.54, 1.807) is 12.3 Å². The number of nitrogens with one attached hydrogen (secondary N) is 1. The van der Waals surface area contributed by atoms with Crippen molar-refractivity contribution in [3.8, 4) is 11.4 Å². The van der Waals surface area contributed by atoms with Crippen LogP contribution in [0.2, 0.25) is 0 Å². The quantitative estimate of drug-likeness (QED) is 0.542. The minimum Gasteiger partial charge on any atom is -0.342 e. The third-order valence-electron chi connectivity index (χ3n) is 5.22. The monoisotopic (exact) mass is 404 g/mol. The number of hydrogen-bond acceptors (Lipinski definition) is 5. The normalized spacial score (nSPS) is 15.5. The fourth-order valence-corrected chi connectivity index (χ4v) is 3.70. The second kappa shape index (κ2) is 8.32. The molecule has 2 heterocycles. The molecule has 0 aliphatic carbocycles. The Kier molecular flexibility index (Phi) is 5.07. The van der Waals surface area contributed by atoms with Gasteiger partial charge in [-0.2, -0.15) is 0 Å². The van der Waals surface area contributed by atoms with E-state index in [0.29, 0.717) is 18.1 Å². The summed E-state index contributed by atoms with van der Waals surface area (Å²) >= 11 is 0. The minimum absolute atomic E-state index is 0.00162. The third kappa shape index (κ3) is 3.98. The molecule has 0 spiro atoms. The van der Waals surface area contributed by atoms with Gasteiger partial charge in [0.25, 0.3) is 0 Å². The largest absolute Gasteiger partial charge is 0.342 e. The molecule has 3 aromatic carbocycles. The summed E-state index contributed by atoms with van der Waals surface area (Å²) in [5.74, 6) is 1.16. The van der Waals surface area contributed by atoms with Crippen LogP contribution in [0, 0.1) is 0 Å². The Morgan fingerprint density at radius 1 is 0.774 bits per heavy atom. The van der Waals surface area contributed by atoms with Crippen LogP contribution in [-0.2, 0) is 11.2 Å². The topological polar surface area (TPSA) is 67.2 Å². The number of carbonyl (C=O) groups is 1. The van der Waals surface area contributed by atoms with Gasteiger partial charge in [0.1, 0.15) is 5.82 Å². The van der Waals surface area contributed by atoms with Crippen LogP contribution in [0.3, 0.4) is 0 Å². The molecule has 0 bridgehead atoms. The average molecular weight is 404 g/mol. The molecule has 0 saturated carbocycles. The zero-order valence-electron chi connectivity index (χ0n) is 16.8.